The summed E-state index contributed by atoms with van der Waals surface area (Å²) in [4.78, 5) is 0. The van der Waals surface area contributed by atoms with Crippen LogP contribution in [0.15, 0.2) is 193 Å². The molecule has 0 fully saturated rings. The highest BCUT2D eigenvalue weighted by Crippen LogP contribution is 2.39. The first-order valence-corrected chi connectivity index (χ1v) is 18.0. The van der Waals surface area contributed by atoms with E-state index in [1.165, 1.54) is 26.4 Å². The minimum Gasteiger partial charge on any atom is -0.464 e. The minimum atomic E-state index is -3.07. The van der Waals surface area contributed by atoms with Gasteiger partial charge in [0.1, 0.15) is 5.76 Å². The van der Waals surface area contributed by atoms with E-state index in [0.717, 1.165) is 34.1 Å². The highest BCUT2D eigenvalue weighted by atomic mass is 28.3. The summed E-state index contributed by atoms with van der Waals surface area (Å²) < 4.78 is 11.2. The van der Waals surface area contributed by atoms with Gasteiger partial charge in [-0.05, 0) is 71.0 Å². The average molecular weight is 623 g/mol. The maximum atomic E-state index is 6.31. The number of nitrogens with zero attached hydrogens (tertiary/aromatic N) is 2. The van der Waals surface area contributed by atoms with Gasteiger partial charge in [-0.25, -0.2) is 0 Å². The largest absolute Gasteiger partial charge is 0.464 e. The highest BCUT2D eigenvalue weighted by Gasteiger charge is 2.48. The molecule has 0 saturated carbocycles. The van der Waals surface area contributed by atoms with Crippen molar-refractivity contribution in [2.24, 2.45) is 0 Å². The van der Waals surface area contributed by atoms with Crippen molar-refractivity contribution in [2.75, 3.05) is 0 Å². The molecule has 0 aliphatic carbocycles. The molecule has 47 heavy (non-hydrogen) atoms. The fourth-order valence-electron chi connectivity index (χ4n) is 7.29. The molecule has 3 heterocycles. The molecule has 0 atom stereocenters. The molecule has 8 aromatic rings. The molecule has 0 aliphatic rings. The third-order valence-corrected chi connectivity index (χ3v) is 14.0. The molecule has 3 aromatic heterocycles. The van der Waals surface area contributed by atoms with Crippen molar-refractivity contribution in [3.63, 3.8) is 0 Å². The molecule has 5 aromatic carbocycles. The Morgan fingerprint density at radius 1 is 0.468 bits per heavy atom. The van der Waals surface area contributed by atoms with E-state index in [1.807, 2.05) is 6.07 Å². The Bertz CT molecular complexity index is 2120. The maximum absolute atomic E-state index is 6.31. The molecular weight excluding hydrogens is 589 g/mol. The van der Waals surface area contributed by atoms with Gasteiger partial charge in [0.15, 0.2) is 0 Å². The van der Waals surface area contributed by atoms with E-state index in [4.69, 9.17) is 4.42 Å². The van der Waals surface area contributed by atoms with Crippen LogP contribution in [0.3, 0.4) is 0 Å². The first-order chi connectivity index (χ1) is 23.3. The van der Waals surface area contributed by atoms with Gasteiger partial charge in [0, 0.05) is 39.7 Å². The number of aromatic nitrogens is 2. The molecule has 3 nitrogen and oxygen atoms in total. The summed E-state index contributed by atoms with van der Waals surface area (Å²) in [6.07, 6.45) is 3.96. The van der Waals surface area contributed by atoms with Gasteiger partial charge in [-0.15, -0.1) is 0 Å². The molecule has 0 unspecified atom stereocenters. The van der Waals surface area contributed by atoms with Crippen LogP contribution in [0.25, 0.3) is 34.0 Å². The molecule has 4 heteroatoms. The summed E-state index contributed by atoms with van der Waals surface area (Å²) in [6.45, 7) is 2.24. The Morgan fingerprint density at radius 3 is 1.45 bits per heavy atom. The number of benzene rings is 5. The summed E-state index contributed by atoms with van der Waals surface area (Å²) in [5.74, 6) is 0.853. The van der Waals surface area contributed by atoms with E-state index < -0.39 is 8.07 Å². The molecule has 0 bridgehead atoms. The fraction of sp³-hybridized carbons (Fsp3) is 0.0233. The van der Waals surface area contributed by atoms with E-state index in [9.17, 15) is 0 Å². The number of hydrogen-bond donors (Lipinski definition) is 0. The van der Waals surface area contributed by atoms with Gasteiger partial charge in [0.05, 0.1) is 12.0 Å². The molecule has 0 saturated heterocycles. The summed E-state index contributed by atoms with van der Waals surface area (Å²) in [6, 6.07) is 63.4. The van der Waals surface area contributed by atoms with Crippen LogP contribution in [0.1, 0.15) is 5.69 Å². The predicted molar refractivity (Wildman–Crippen MR) is 197 cm³/mol. The van der Waals surface area contributed by atoms with Crippen LogP contribution in [0.4, 0.5) is 0 Å². The second-order valence-corrected chi connectivity index (χ2v) is 15.5. The van der Waals surface area contributed by atoms with Gasteiger partial charge >= 0.3 is 0 Å². The molecule has 0 radical (unpaired) electrons. The van der Waals surface area contributed by atoms with Gasteiger partial charge in [-0.2, -0.15) is 0 Å². The third kappa shape index (κ3) is 4.73. The quantitative estimate of drug-likeness (QED) is 0.125. The van der Waals surface area contributed by atoms with Gasteiger partial charge in [0.25, 0.3) is 0 Å². The molecule has 0 N–H and O–H groups in total. The number of hydrogen-bond acceptors (Lipinski definition) is 1. The number of rotatable bonds is 8. The molecule has 226 valence electrons. The molecule has 0 aliphatic heterocycles. The Kier molecular flexibility index (Phi) is 7.40. The standard InChI is InChI=1S/C43H34N2OSi/c1-33-41(40-30-18-32-46-40)42(39-29-17-31-44(39)34-19-7-2-8-20-34)43(45(33)35-21-9-3-10-22-35)47(36-23-11-4-12-24-36,37-25-13-5-14-26-37)38-27-15-6-16-28-38/h2-32H,1H3. The summed E-state index contributed by atoms with van der Waals surface area (Å²) >= 11 is 0. The molecule has 8 rings (SSSR count). The molecular formula is C43H34N2OSi. The van der Waals surface area contributed by atoms with Gasteiger partial charge < -0.3 is 13.6 Å². The zero-order valence-electron chi connectivity index (χ0n) is 26.2. The fourth-order valence-corrected chi connectivity index (χ4v) is 12.4. The monoisotopic (exact) mass is 622 g/mol. The van der Waals surface area contributed by atoms with Crippen molar-refractivity contribution >= 4 is 29.0 Å². The second-order valence-electron chi connectivity index (χ2n) is 11.8. The molecule has 0 spiro atoms. The smallest absolute Gasteiger partial charge is 0.200 e. The van der Waals surface area contributed by atoms with Crippen molar-refractivity contribution in [1.29, 1.82) is 0 Å². The van der Waals surface area contributed by atoms with E-state index in [1.54, 1.807) is 6.26 Å². The lowest BCUT2D eigenvalue weighted by Gasteiger charge is -2.36. The van der Waals surface area contributed by atoms with Crippen LogP contribution < -0.4 is 20.9 Å². The van der Waals surface area contributed by atoms with E-state index >= 15 is 0 Å². The van der Waals surface area contributed by atoms with E-state index in [-0.39, 0.29) is 0 Å². The van der Waals surface area contributed by atoms with Crippen LogP contribution in [0, 0.1) is 6.92 Å². The van der Waals surface area contributed by atoms with Crippen LogP contribution in [-0.4, -0.2) is 17.2 Å². The highest BCUT2D eigenvalue weighted by molar-refractivity contribution is 7.20. The minimum absolute atomic E-state index is 0.853. The van der Waals surface area contributed by atoms with E-state index in [2.05, 4.69) is 192 Å². The number of furan rings is 1. The molecule has 0 amide bonds. The normalized spacial score (nSPS) is 11.5. The van der Waals surface area contributed by atoms with Crippen LogP contribution in [0.5, 0.6) is 0 Å². The zero-order valence-corrected chi connectivity index (χ0v) is 27.2. The van der Waals surface area contributed by atoms with Crippen LogP contribution in [0.2, 0.25) is 0 Å². The summed E-state index contributed by atoms with van der Waals surface area (Å²) in [5.41, 5.74) is 6.77. The Balaban J connectivity index is 1.64. The Morgan fingerprint density at radius 2 is 0.957 bits per heavy atom. The van der Waals surface area contributed by atoms with Crippen molar-refractivity contribution in [1.82, 2.24) is 9.13 Å². The summed E-state index contributed by atoms with van der Waals surface area (Å²) in [7, 11) is -3.07. The lowest BCUT2D eigenvalue weighted by molar-refractivity contribution is 0.582. The Labute approximate surface area is 276 Å². The van der Waals surface area contributed by atoms with Crippen molar-refractivity contribution in [3.05, 3.63) is 194 Å². The van der Waals surface area contributed by atoms with Crippen molar-refractivity contribution < 1.29 is 4.42 Å². The van der Waals surface area contributed by atoms with Crippen molar-refractivity contribution in [2.45, 2.75) is 6.92 Å². The predicted octanol–water partition coefficient (Wildman–Crippen LogP) is 7.88. The maximum Gasteiger partial charge on any atom is 0.200 e. The zero-order chi connectivity index (χ0) is 31.6. The Hall–Kier alpha value is -5.84. The van der Waals surface area contributed by atoms with Gasteiger partial charge in [-0.1, -0.05) is 127 Å². The van der Waals surface area contributed by atoms with Gasteiger partial charge in [0.2, 0.25) is 8.07 Å². The third-order valence-electron chi connectivity index (χ3n) is 9.20. The van der Waals surface area contributed by atoms with Crippen LogP contribution >= 0.6 is 0 Å². The average Bonchev–Trinajstić information content (AvgIpc) is 3.91. The van der Waals surface area contributed by atoms with Crippen LogP contribution in [-0.2, 0) is 0 Å². The lowest BCUT2D eigenvalue weighted by Crippen LogP contribution is -2.76. The topological polar surface area (TPSA) is 23.0 Å². The van der Waals surface area contributed by atoms with Gasteiger partial charge in [-0.3, -0.25) is 0 Å². The van der Waals surface area contributed by atoms with E-state index in [0.29, 0.717) is 0 Å². The first-order valence-electron chi connectivity index (χ1n) is 16.0. The summed E-state index contributed by atoms with van der Waals surface area (Å²) in [5, 5.41) is 5.23. The van der Waals surface area contributed by atoms with Crippen molar-refractivity contribution in [3.8, 4) is 34.0 Å². The SMILES string of the molecule is Cc1c(-c2ccco2)c(-c2cccn2-c2ccccc2)c([Si](c2ccccc2)(c2ccccc2)c2ccccc2)n1-c1ccccc1. The lowest BCUT2D eigenvalue weighted by atomic mass is 10.1. The first kappa shape index (κ1) is 28.6. The number of para-hydroxylation sites is 2. The second kappa shape index (κ2) is 12.2.